The SMILES string of the molecule is COCCCNC(=O)C(C)N1CCC(C(=O)O)C1C. The van der Waals surface area contributed by atoms with E-state index in [4.69, 9.17) is 9.84 Å². The van der Waals surface area contributed by atoms with Crippen molar-refractivity contribution in [2.45, 2.75) is 38.8 Å². The van der Waals surface area contributed by atoms with Gasteiger partial charge in [0.15, 0.2) is 0 Å². The first-order valence-corrected chi connectivity index (χ1v) is 6.74. The minimum absolute atomic E-state index is 0.0472. The molecule has 0 radical (unpaired) electrons. The number of nitrogens with zero attached hydrogens (tertiary/aromatic N) is 1. The summed E-state index contributed by atoms with van der Waals surface area (Å²) < 4.78 is 4.91. The van der Waals surface area contributed by atoms with E-state index in [1.807, 2.05) is 18.7 Å². The van der Waals surface area contributed by atoms with Crippen LogP contribution in [-0.4, -0.2) is 60.8 Å². The molecule has 0 aromatic rings. The van der Waals surface area contributed by atoms with Gasteiger partial charge in [-0.05, 0) is 26.7 Å². The number of carbonyl (C=O) groups is 2. The van der Waals surface area contributed by atoms with Crippen LogP contribution >= 0.6 is 0 Å². The van der Waals surface area contributed by atoms with Gasteiger partial charge in [0.1, 0.15) is 0 Å². The van der Waals surface area contributed by atoms with Crippen LogP contribution in [0.1, 0.15) is 26.7 Å². The molecule has 6 nitrogen and oxygen atoms in total. The Bertz CT molecular complexity index is 322. The first-order valence-electron chi connectivity index (χ1n) is 6.74. The molecular formula is C13H24N2O4. The highest BCUT2D eigenvalue weighted by Gasteiger charge is 2.39. The van der Waals surface area contributed by atoms with E-state index in [2.05, 4.69) is 5.32 Å². The van der Waals surface area contributed by atoms with Crippen LogP contribution in [0.2, 0.25) is 0 Å². The van der Waals surface area contributed by atoms with Gasteiger partial charge in [0.25, 0.3) is 0 Å². The summed E-state index contributed by atoms with van der Waals surface area (Å²) in [4.78, 5) is 25.0. The lowest BCUT2D eigenvalue weighted by atomic mass is 10.0. The van der Waals surface area contributed by atoms with E-state index in [1.165, 1.54) is 0 Å². The second-order valence-corrected chi connectivity index (χ2v) is 5.03. The molecule has 0 bridgehead atoms. The zero-order chi connectivity index (χ0) is 14.4. The lowest BCUT2D eigenvalue weighted by molar-refractivity contribution is -0.143. The lowest BCUT2D eigenvalue weighted by Gasteiger charge is -2.28. The number of nitrogens with one attached hydrogen (secondary N) is 1. The highest BCUT2D eigenvalue weighted by atomic mass is 16.5. The van der Waals surface area contributed by atoms with Crippen LogP contribution in [0.25, 0.3) is 0 Å². The van der Waals surface area contributed by atoms with Crippen molar-refractivity contribution >= 4 is 11.9 Å². The molecule has 0 aromatic heterocycles. The third-order valence-electron chi connectivity index (χ3n) is 3.82. The summed E-state index contributed by atoms with van der Waals surface area (Å²) in [5, 5.41) is 11.9. The fourth-order valence-corrected chi connectivity index (χ4v) is 2.57. The van der Waals surface area contributed by atoms with Crippen molar-refractivity contribution in [3.05, 3.63) is 0 Å². The van der Waals surface area contributed by atoms with Gasteiger partial charge in [-0.15, -0.1) is 0 Å². The van der Waals surface area contributed by atoms with E-state index >= 15 is 0 Å². The molecule has 19 heavy (non-hydrogen) atoms. The molecule has 1 amide bonds. The van der Waals surface area contributed by atoms with Crippen LogP contribution in [0.3, 0.4) is 0 Å². The number of ether oxygens (including phenoxy) is 1. The van der Waals surface area contributed by atoms with E-state index in [0.29, 0.717) is 26.1 Å². The Hall–Kier alpha value is -1.14. The minimum Gasteiger partial charge on any atom is -0.481 e. The lowest BCUT2D eigenvalue weighted by Crippen LogP contribution is -2.48. The number of carboxylic acid groups (broad SMARTS) is 1. The molecule has 1 saturated heterocycles. The second-order valence-electron chi connectivity index (χ2n) is 5.03. The van der Waals surface area contributed by atoms with Gasteiger partial charge in [0, 0.05) is 32.8 Å². The van der Waals surface area contributed by atoms with Crippen molar-refractivity contribution in [2.75, 3.05) is 26.8 Å². The Morgan fingerprint density at radius 3 is 2.74 bits per heavy atom. The molecule has 6 heteroatoms. The number of likely N-dealkylation sites (tertiary alicyclic amines) is 1. The van der Waals surface area contributed by atoms with Crippen LogP contribution in [0.15, 0.2) is 0 Å². The number of carbonyl (C=O) groups excluding carboxylic acids is 1. The Balaban J connectivity index is 2.42. The molecule has 0 spiro atoms. The number of rotatable bonds is 7. The first-order chi connectivity index (χ1) is 8.99. The summed E-state index contributed by atoms with van der Waals surface area (Å²) in [6.07, 6.45) is 1.39. The van der Waals surface area contributed by atoms with Gasteiger partial charge in [-0.2, -0.15) is 0 Å². The Morgan fingerprint density at radius 2 is 2.21 bits per heavy atom. The Morgan fingerprint density at radius 1 is 1.53 bits per heavy atom. The number of aliphatic carboxylic acids is 1. The average molecular weight is 272 g/mol. The van der Waals surface area contributed by atoms with Crippen molar-refractivity contribution in [2.24, 2.45) is 5.92 Å². The van der Waals surface area contributed by atoms with Gasteiger partial charge in [-0.3, -0.25) is 14.5 Å². The summed E-state index contributed by atoms with van der Waals surface area (Å²) in [7, 11) is 1.63. The smallest absolute Gasteiger partial charge is 0.308 e. The number of carboxylic acids is 1. The normalized spacial score (nSPS) is 25.2. The number of methoxy groups -OCH3 is 1. The van der Waals surface area contributed by atoms with E-state index in [1.54, 1.807) is 7.11 Å². The summed E-state index contributed by atoms with van der Waals surface area (Å²) in [6.45, 7) is 5.56. The molecule has 1 aliphatic rings. The van der Waals surface area contributed by atoms with Crippen molar-refractivity contribution < 1.29 is 19.4 Å². The van der Waals surface area contributed by atoms with E-state index < -0.39 is 5.97 Å². The summed E-state index contributed by atoms with van der Waals surface area (Å²) in [5.74, 6) is -1.19. The van der Waals surface area contributed by atoms with E-state index in [0.717, 1.165) is 6.42 Å². The minimum atomic E-state index is -0.775. The molecule has 0 aromatic carbocycles. The molecular weight excluding hydrogens is 248 g/mol. The Kier molecular flexibility index (Phi) is 6.24. The van der Waals surface area contributed by atoms with Gasteiger partial charge in [0.2, 0.25) is 5.91 Å². The largest absolute Gasteiger partial charge is 0.481 e. The molecule has 2 N–H and O–H groups in total. The van der Waals surface area contributed by atoms with E-state index in [9.17, 15) is 9.59 Å². The molecule has 3 unspecified atom stereocenters. The third kappa shape index (κ3) is 4.18. The number of amides is 1. The molecule has 110 valence electrons. The van der Waals surface area contributed by atoms with Crippen LogP contribution < -0.4 is 5.32 Å². The van der Waals surface area contributed by atoms with Crippen molar-refractivity contribution in [1.29, 1.82) is 0 Å². The summed E-state index contributed by atoms with van der Waals surface area (Å²) in [6, 6.07) is -0.390. The quantitative estimate of drug-likeness (QED) is 0.653. The third-order valence-corrected chi connectivity index (χ3v) is 3.82. The maximum atomic E-state index is 12.0. The Labute approximate surface area is 114 Å². The van der Waals surface area contributed by atoms with Gasteiger partial charge in [0.05, 0.1) is 12.0 Å². The predicted molar refractivity (Wildman–Crippen MR) is 70.9 cm³/mol. The molecule has 3 atom stereocenters. The molecule has 1 aliphatic heterocycles. The first kappa shape index (κ1) is 15.9. The standard InChI is InChI=1S/C13H24N2O4/c1-9-11(13(17)18)5-7-15(9)10(2)12(16)14-6-4-8-19-3/h9-11H,4-8H2,1-3H3,(H,14,16)(H,17,18). The topological polar surface area (TPSA) is 78.9 Å². The fraction of sp³-hybridized carbons (Fsp3) is 0.846. The van der Waals surface area contributed by atoms with Crippen LogP contribution in [0, 0.1) is 5.92 Å². The van der Waals surface area contributed by atoms with Gasteiger partial charge in [-0.1, -0.05) is 0 Å². The van der Waals surface area contributed by atoms with Gasteiger partial charge in [-0.25, -0.2) is 0 Å². The molecule has 1 heterocycles. The number of hydrogen-bond acceptors (Lipinski definition) is 4. The predicted octanol–water partition coefficient (Wildman–Crippen LogP) is 0.323. The average Bonchev–Trinajstić information content (AvgIpc) is 2.75. The van der Waals surface area contributed by atoms with Crippen LogP contribution in [-0.2, 0) is 14.3 Å². The number of hydrogen-bond donors (Lipinski definition) is 2. The zero-order valence-electron chi connectivity index (χ0n) is 11.9. The van der Waals surface area contributed by atoms with Gasteiger partial charge >= 0.3 is 5.97 Å². The highest BCUT2D eigenvalue weighted by Crippen LogP contribution is 2.26. The molecule has 0 aliphatic carbocycles. The maximum absolute atomic E-state index is 12.0. The maximum Gasteiger partial charge on any atom is 0.308 e. The zero-order valence-corrected chi connectivity index (χ0v) is 11.9. The van der Waals surface area contributed by atoms with Crippen LogP contribution in [0.4, 0.5) is 0 Å². The highest BCUT2D eigenvalue weighted by molar-refractivity contribution is 5.81. The monoisotopic (exact) mass is 272 g/mol. The summed E-state index contributed by atoms with van der Waals surface area (Å²) in [5.41, 5.74) is 0. The van der Waals surface area contributed by atoms with Crippen molar-refractivity contribution in [1.82, 2.24) is 10.2 Å². The molecule has 1 rings (SSSR count). The van der Waals surface area contributed by atoms with Gasteiger partial charge < -0.3 is 15.2 Å². The van der Waals surface area contributed by atoms with Crippen LogP contribution in [0.5, 0.6) is 0 Å². The van der Waals surface area contributed by atoms with Crippen molar-refractivity contribution in [3.8, 4) is 0 Å². The van der Waals surface area contributed by atoms with Crippen molar-refractivity contribution in [3.63, 3.8) is 0 Å². The second kappa shape index (κ2) is 7.45. The molecule has 0 saturated carbocycles. The fourth-order valence-electron chi connectivity index (χ4n) is 2.57. The van der Waals surface area contributed by atoms with E-state index in [-0.39, 0.29) is 23.9 Å². The summed E-state index contributed by atoms with van der Waals surface area (Å²) >= 11 is 0. The molecule has 1 fully saturated rings.